The molecular formula is C19H19N3O. The molecule has 4 nitrogen and oxygen atoms in total. The third-order valence-electron chi connectivity index (χ3n) is 3.85. The van der Waals surface area contributed by atoms with E-state index in [-0.39, 0.29) is 5.91 Å². The molecule has 0 saturated heterocycles. The molecule has 2 N–H and O–H groups in total. The summed E-state index contributed by atoms with van der Waals surface area (Å²) in [7, 11) is 0. The molecule has 1 aromatic heterocycles. The molecule has 0 aliphatic heterocycles. The molecule has 23 heavy (non-hydrogen) atoms. The number of nitrogens with zero attached hydrogens (tertiary/aromatic N) is 2. The van der Waals surface area contributed by atoms with Gasteiger partial charge in [0.05, 0.1) is 5.52 Å². The Morgan fingerprint density at radius 1 is 1.17 bits per heavy atom. The number of hydrogen-bond acceptors (Lipinski definition) is 2. The summed E-state index contributed by atoms with van der Waals surface area (Å²) in [6.07, 6.45) is 6.65. The van der Waals surface area contributed by atoms with Gasteiger partial charge in [0.15, 0.2) is 0 Å². The SMILES string of the molecule is CCC(C(N)=O)n1cc2cc(/C=C/c3ccccc3)ccc2n1. The van der Waals surface area contributed by atoms with E-state index in [0.717, 1.165) is 22.0 Å². The molecule has 0 fully saturated rings. The topological polar surface area (TPSA) is 60.9 Å². The lowest BCUT2D eigenvalue weighted by Crippen LogP contribution is -2.26. The Bertz CT molecular complexity index is 849. The van der Waals surface area contributed by atoms with Crippen LogP contribution in [0.4, 0.5) is 0 Å². The highest BCUT2D eigenvalue weighted by molar-refractivity contribution is 5.84. The van der Waals surface area contributed by atoms with E-state index in [1.807, 2.05) is 43.5 Å². The number of aromatic nitrogens is 2. The summed E-state index contributed by atoms with van der Waals surface area (Å²) < 4.78 is 1.66. The quantitative estimate of drug-likeness (QED) is 0.731. The number of carbonyl (C=O) groups is 1. The van der Waals surface area contributed by atoms with Gasteiger partial charge in [0.2, 0.25) is 5.91 Å². The second kappa shape index (κ2) is 6.48. The van der Waals surface area contributed by atoms with Gasteiger partial charge in [-0.25, -0.2) is 0 Å². The van der Waals surface area contributed by atoms with Gasteiger partial charge < -0.3 is 5.73 Å². The molecule has 0 aliphatic rings. The number of benzene rings is 2. The first-order valence-electron chi connectivity index (χ1n) is 7.68. The number of hydrogen-bond donors (Lipinski definition) is 1. The first-order valence-corrected chi connectivity index (χ1v) is 7.68. The lowest BCUT2D eigenvalue weighted by atomic mass is 10.1. The largest absolute Gasteiger partial charge is 0.368 e. The maximum Gasteiger partial charge on any atom is 0.242 e. The van der Waals surface area contributed by atoms with Crippen LogP contribution in [0.2, 0.25) is 0 Å². The van der Waals surface area contributed by atoms with Crippen molar-refractivity contribution in [1.82, 2.24) is 9.78 Å². The Kier molecular flexibility index (Phi) is 4.24. The second-order valence-corrected chi connectivity index (χ2v) is 5.50. The maximum atomic E-state index is 11.5. The molecule has 0 spiro atoms. The van der Waals surface area contributed by atoms with Gasteiger partial charge in [-0.2, -0.15) is 5.10 Å². The summed E-state index contributed by atoms with van der Waals surface area (Å²) in [6.45, 7) is 1.93. The van der Waals surface area contributed by atoms with Crippen molar-refractivity contribution in [2.45, 2.75) is 19.4 Å². The zero-order chi connectivity index (χ0) is 16.2. The normalized spacial score (nSPS) is 12.7. The second-order valence-electron chi connectivity index (χ2n) is 5.50. The zero-order valence-corrected chi connectivity index (χ0v) is 13.0. The molecule has 1 heterocycles. The number of fused-ring (bicyclic) bond motifs is 1. The molecule has 1 unspecified atom stereocenters. The van der Waals surface area contributed by atoms with Crippen molar-refractivity contribution >= 4 is 29.0 Å². The standard InChI is InChI=1S/C19H19N3O/c1-2-18(19(20)23)22-13-16-12-15(10-11-17(16)21-22)9-8-14-6-4-3-5-7-14/h3-13,18H,2H2,1H3,(H2,20,23)/b9-8+. The third kappa shape index (κ3) is 3.31. The Labute approximate surface area is 135 Å². The van der Waals surface area contributed by atoms with E-state index in [1.54, 1.807) is 4.68 Å². The van der Waals surface area contributed by atoms with Crippen molar-refractivity contribution in [2.75, 3.05) is 0 Å². The van der Waals surface area contributed by atoms with Gasteiger partial charge in [0.1, 0.15) is 6.04 Å². The fourth-order valence-electron chi connectivity index (χ4n) is 2.60. The molecule has 3 aromatic rings. The smallest absolute Gasteiger partial charge is 0.242 e. The number of nitrogens with two attached hydrogens (primary N) is 1. The number of carbonyl (C=O) groups excluding carboxylic acids is 1. The number of amides is 1. The van der Waals surface area contributed by atoms with Crippen LogP contribution in [0.3, 0.4) is 0 Å². The van der Waals surface area contributed by atoms with Gasteiger partial charge in [-0.05, 0) is 29.7 Å². The van der Waals surface area contributed by atoms with E-state index in [9.17, 15) is 4.79 Å². The van der Waals surface area contributed by atoms with Crippen molar-refractivity contribution in [3.05, 3.63) is 65.9 Å². The van der Waals surface area contributed by atoms with Crippen molar-refractivity contribution in [2.24, 2.45) is 5.73 Å². The van der Waals surface area contributed by atoms with Crippen molar-refractivity contribution in [3.63, 3.8) is 0 Å². The van der Waals surface area contributed by atoms with Gasteiger partial charge in [-0.1, -0.05) is 55.5 Å². The van der Waals surface area contributed by atoms with Crippen LogP contribution < -0.4 is 5.73 Å². The van der Waals surface area contributed by atoms with E-state index >= 15 is 0 Å². The Hall–Kier alpha value is -2.88. The van der Waals surface area contributed by atoms with Gasteiger partial charge in [-0.15, -0.1) is 0 Å². The first-order chi connectivity index (χ1) is 11.2. The van der Waals surface area contributed by atoms with Crippen LogP contribution in [0.25, 0.3) is 23.1 Å². The van der Waals surface area contributed by atoms with Crippen molar-refractivity contribution < 1.29 is 4.79 Å². The molecule has 0 radical (unpaired) electrons. The van der Waals surface area contributed by atoms with E-state index < -0.39 is 6.04 Å². The molecule has 1 amide bonds. The Balaban J connectivity index is 1.90. The summed E-state index contributed by atoms with van der Waals surface area (Å²) in [4.78, 5) is 11.5. The predicted octanol–water partition coefficient (Wildman–Crippen LogP) is 3.64. The molecule has 1 atom stereocenters. The van der Waals surface area contributed by atoms with Gasteiger partial charge in [0.25, 0.3) is 0 Å². The first kappa shape index (κ1) is 15.0. The van der Waals surface area contributed by atoms with Gasteiger partial charge >= 0.3 is 0 Å². The highest BCUT2D eigenvalue weighted by Gasteiger charge is 2.16. The van der Waals surface area contributed by atoms with Crippen LogP contribution in [-0.4, -0.2) is 15.7 Å². The fraction of sp³-hybridized carbons (Fsp3) is 0.158. The average molecular weight is 305 g/mol. The van der Waals surface area contributed by atoms with Gasteiger partial charge in [0, 0.05) is 11.6 Å². The highest BCUT2D eigenvalue weighted by atomic mass is 16.1. The Morgan fingerprint density at radius 2 is 1.91 bits per heavy atom. The van der Waals surface area contributed by atoms with Crippen LogP contribution in [0.5, 0.6) is 0 Å². The van der Waals surface area contributed by atoms with E-state index in [1.165, 1.54) is 0 Å². The summed E-state index contributed by atoms with van der Waals surface area (Å²) in [5.74, 6) is -0.357. The van der Waals surface area contributed by atoms with Crippen LogP contribution in [0.1, 0.15) is 30.5 Å². The Morgan fingerprint density at radius 3 is 2.61 bits per heavy atom. The van der Waals surface area contributed by atoms with Crippen molar-refractivity contribution in [3.8, 4) is 0 Å². The van der Waals surface area contributed by atoms with E-state index in [0.29, 0.717) is 6.42 Å². The maximum absolute atomic E-state index is 11.5. The molecule has 4 heteroatoms. The lowest BCUT2D eigenvalue weighted by Gasteiger charge is -2.10. The van der Waals surface area contributed by atoms with Crippen LogP contribution in [0.15, 0.2) is 54.7 Å². The van der Waals surface area contributed by atoms with E-state index in [2.05, 4.69) is 35.4 Å². The minimum Gasteiger partial charge on any atom is -0.368 e. The third-order valence-corrected chi connectivity index (χ3v) is 3.85. The summed E-state index contributed by atoms with van der Waals surface area (Å²) in [6, 6.07) is 15.8. The number of primary amides is 1. The average Bonchev–Trinajstić information content (AvgIpc) is 2.96. The van der Waals surface area contributed by atoms with E-state index in [4.69, 9.17) is 5.73 Å². The van der Waals surface area contributed by atoms with Gasteiger partial charge in [-0.3, -0.25) is 9.48 Å². The zero-order valence-electron chi connectivity index (χ0n) is 13.0. The van der Waals surface area contributed by atoms with Crippen LogP contribution in [0, 0.1) is 0 Å². The molecule has 0 bridgehead atoms. The minimum atomic E-state index is -0.397. The minimum absolute atomic E-state index is 0.357. The van der Waals surface area contributed by atoms with Crippen LogP contribution >= 0.6 is 0 Å². The molecule has 0 saturated carbocycles. The van der Waals surface area contributed by atoms with Crippen LogP contribution in [-0.2, 0) is 4.79 Å². The molecule has 3 rings (SSSR count). The molecular weight excluding hydrogens is 286 g/mol. The molecule has 116 valence electrons. The summed E-state index contributed by atoms with van der Waals surface area (Å²) in [5, 5.41) is 5.46. The highest BCUT2D eigenvalue weighted by Crippen LogP contribution is 2.20. The summed E-state index contributed by atoms with van der Waals surface area (Å²) >= 11 is 0. The predicted molar refractivity (Wildman–Crippen MR) is 93.6 cm³/mol. The molecule has 0 aliphatic carbocycles. The van der Waals surface area contributed by atoms with Crippen molar-refractivity contribution in [1.29, 1.82) is 0 Å². The number of rotatable bonds is 5. The fourth-order valence-corrected chi connectivity index (χ4v) is 2.60. The molecule has 2 aromatic carbocycles. The summed E-state index contributed by atoms with van der Waals surface area (Å²) in [5.41, 5.74) is 8.54. The lowest BCUT2D eigenvalue weighted by molar-refractivity contribution is -0.121. The monoisotopic (exact) mass is 305 g/mol.